The molecule has 0 aliphatic rings. The number of nitro groups is 1. The van der Waals surface area contributed by atoms with E-state index in [-0.39, 0.29) is 5.69 Å². The Kier molecular flexibility index (Phi) is 6.84. The minimum absolute atomic E-state index is 0.0309. The van der Waals surface area contributed by atoms with Crippen LogP contribution < -0.4 is 10.1 Å². The Bertz CT molecular complexity index is 410. The topological polar surface area (TPSA) is 78.2 Å². The van der Waals surface area contributed by atoms with E-state index in [1.54, 1.807) is 13.2 Å². The van der Waals surface area contributed by atoms with Crippen LogP contribution in [0.25, 0.3) is 0 Å². The molecule has 0 spiro atoms. The molecule has 0 radical (unpaired) electrons. The van der Waals surface area contributed by atoms with Gasteiger partial charge in [0.05, 0.1) is 31.2 Å². The molecule has 0 saturated heterocycles. The normalized spacial score (nSPS) is 10.4. The molecule has 1 aromatic rings. The second-order valence-corrected chi connectivity index (χ2v) is 4.29. The average Bonchev–Trinajstić information content (AvgIpc) is 2.39. The van der Waals surface area contributed by atoms with Gasteiger partial charge < -0.3 is 14.8 Å². The van der Waals surface area contributed by atoms with Crippen molar-refractivity contribution in [3.63, 3.8) is 0 Å². The predicted octanol–water partition coefficient (Wildman–Crippen LogP) is 0.882. The molecule has 106 valence electrons. The van der Waals surface area contributed by atoms with Crippen molar-refractivity contribution < 1.29 is 19.7 Å². The number of hydrogen-bond acceptors (Lipinski definition) is 4. The summed E-state index contributed by atoms with van der Waals surface area (Å²) in [6.45, 7) is 4.86. The highest BCUT2D eigenvalue weighted by molar-refractivity contribution is 5.48. The van der Waals surface area contributed by atoms with E-state index in [0.717, 1.165) is 31.7 Å². The summed E-state index contributed by atoms with van der Waals surface area (Å²) in [6, 6.07) is 5.00. The molecule has 1 rings (SSSR count). The van der Waals surface area contributed by atoms with Crippen LogP contribution in [0, 0.1) is 17.0 Å². The zero-order chi connectivity index (χ0) is 14.1. The quantitative estimate of drug-likeness (QED) is 0.410. The molecule has 0 atom stereocenters. The van der Waals surface area contributed by atoms with Gasteiger partial charge in [0.15, 0.2) is 5.75 Å². The molecule has 0 saturated carbocycles. The standard InChI is InChI=1S/C13H20N2O4/c1-11-4-5-13(12(10-11)15(16)17)19-8-3-6-14-7-9-18-2/h4-5,10,14H,3,6-9H2,1-2H3/p+1. The summed E-state index contributed by atoms with van der Waals surface area (Å²) in [7, 11) is 1.67. The van der Waals surface area contributed by atoms with Crippen molar-refractivity contribution >= 4 is 5.69 Å². The largest absolute Gasteiger partial charge is 0.487 e. The highest BCUT2D eigenvalue weighted by Crippen LogP contribution is 2.27. The van der Waals surface area contributed by atoms with Crippen LogP contribution in [0.3, 0.4) is 0 Å². The maximum absolute atomic E-state index is 10.9. The SMILES string of the molecule is COCC[NH2+]CCCOc1ccc(C)cc1[N+](=O)[O-]. The Morgan fingerprint density at radius 3 is 2.79 bits per heavy atom. The first-order valence-electron chi connectivity index (χ1n) is 6.33. The van der Waals surface area contributed by atoms with E-state index < -0.39 is 4.92 Å². The van der Waals surface area contributed by atoms with E-state index in [4.69, 9.17) is 9.47 Å². The number of quaternary nitrogens is 1. The van der Waals surface area contributed by atoms with Gasteiger partial charge >= 0.3 is 5.69 Å². The van der Waals surface area contributed by atoms with Gasteiger partial charge in [0.25, 0.3) is 0 Å². The molecule has 2 N–H and O–H groups in total. The summed E-state index contributed by atoms with van der Waals surface area (Å²) in [5.74, 6) is 0.340. The van der Waals surface area contributed by atoms with Gasteiger partial charge in [0, 0.05) is 19.6 Å². The van der Waals surface area contributed by atoms with E-state index >= 15 is 0 Å². The Morgan fingerprint density at radius 2 is 2.11 bits per heavy atom. The molecule has 0 aliphatic carbocycles. The third-order valence-corrected chi connectivity index (χ3v) is 2.65. The van der Waals surface area contributed by atoms with E-state index in [9.17, 15) is 10.1 Å². The Balaban J connectivity index is 2.35. The Labute approximate surface area is 112 Å². The molecule has 0 aromatic heterocycles. The number of aryl methyl sites for hydroxylation is 1. The lowest BCUT2D eigenvalue weighted by Crippen LogP contribution is -2.85. The van der Waals surface area contributed by atoms with Crippen molar-refractivity contribution in [2.24, 2.45) is 0 Å². The lowest BCUT2D eigenvalue weighted by molar-refractivity contribution is -0.656. The van der Waals surface area contributed by atoms with Crippen LogP contribution in [-0.2, 0) is 4.74 Å². The van der Waals surface area contributed by atoms with Crippen molar-refractivity contribution in [3.8, 4) is 5.75 Å². The number of methoxy groups -OCH3 is 1. The highest BCUT2D eigenvalue weighted by atomic mass is 16.6. The average molecular weight is 269 g/mol. The maximum atomic E-state index is 10.9. The first kappa shape index (κ1) is 15.4. The van der Waals surface area contributed by atoms with Gasteiger partial charge in [-0.15, -0.1) is 0 Å². The zero-order valence-corrected chi connectivity index (χ0v) is 11.4. The van der Waals surface area contributed by atoms with E-state index in [2.05, 4.69) is 5.32 Å². The molecule has 0 bridgehead atoms. The second kappa shape index (κ2) is 8.44. The molecule has 0 amide bonds. The van der Waals surface area contributed by atoms with Crippen molar-refractivity contribution in [3.05, 3.63) is 33.9 Å². The monoisotopic (exact) mass is 269 g/mol. The summed E-state index contributed by atoms with van der Waals surface area (Å²) in [6.07, 6.45) is 0.842. The van der Waals surface area contributed by atoms with Gasteiger partial charge in [-0.1, -0.05) is 6.07 Å². The van der Waals surface area contributed by atoms with Gasteiger partial charge in [-0.25, -0.2) is 0 Å². The molecule has 0 heterocycles. The van der Waals surface area contributed by atoms with Crippen molar-refractivity contribution in [1.29, 1.82) is 0 Å². The zero-order valence-electron chi connectivity index (χ0n) is 11.4. The molecule has 0 fully saturated rings. The summed E-state index contributed by atoms with van der Waals surface area (Å²) in [4.78, 5) is 10.5. The molecule has 19 heavy (non-hydrogen) atoms. The summed E-state index contributed by atoms with van der Waals surface area (Å²) >= 11 is 0. The van der Waals surface area contributed by atoms with Crippen molar-refractivity contribution in [2.45, 2.75) is 13.3 Å². The van der Waals surface area contributed by atoms with Crippen molar-refractivity contribution in [2.75, 3.05) is 33.4 Å². The fourth-order valence-electron chi connectivity index (χ4n) is 1.65. The summed E-state index contributed by atoms with van der Waals surface area (Å²) < 4.78 is 10.4. The fourth-order valence-corrected chi connectivity index (χ4v) is 1.65. The molecule has 0 unspecified atom stereocenters. The number of rotatable bonds is 9. The number of nitro benzene ring substituents is 1. The molecule has 6 heteroatoms. The first-order chi connectivity index (χ1) is 9.15. The van der Waals surface area contributed by atoms with Crippen LogP contribution in [0.1, 0.15) is 12.0 Å². The van der Waals surface area contributed by atoms with Gasteiger partial charge in [-0.05, 0) is 18.6 Å². The second-order valence-electron chi connectivity index (χ2n) is 4.29. The van der Waals surface area contributed by atoms with Crippen LogP contribution in [0.2, 0.25) is 0 Å². The third kappa shape index (κ3) is 5.67. The molecule has 6 nitrogen and oxygen atoms in total. The number of ether oxygens (including phenoxy) is 2. The van der Waals surface area contributed by atoms with Crippen LogP contribution in [0.15, 0.2) is 18.2 Å². The molecular formula is C13H21N2O4+. The van der Waals surface area contributed by atoms with Crippen LogP contribution >= 0.6 is 0 Å². The minimum atomic E-state index is -0.410. The van der Waals surface area contributed by atoms with E-state index in [0.29, 0.717) is 12.4 Å². The summed E-state index contributed by atoms with van der Waals surface area (Å²) in [5, 5.41) is 13.0. The molecule has 0 aliphatic heterocycles. The van der Waals surface area contributed by atoms with Crippen molar-refractivity contribution in [1.82, 2.24) is 0 Å². The van der Waals surface area contributed by atoms with Crippen LogP contribution in [-0.4, -0.2) is 38.3 Å². The van der Waals surface area contributed by atoms with Gasteiger partial charge in [0.2, 0.25) is 0 Å². The van der Waals surface area contributed by atoms with E-state index in [1.165, 1.54) is 6.07 Å². The minimum Gasteiger partial charge on any atom is -0.487 e. The maximum Gasteiger partial charge on any atom is 0.311 e. The number of benzene rings is 1. The lowest BCUT2D eigenvalue weighted by Gasteiger charge is -2.07. The Hall–Kier alpha value is -1.66. The van der Waals surface area contributed by atoms with Gasteiger partial charge in [0.1, 0.15) is 0 Å². The summed E-state index contributed by atoms with van der Waals surface area (Å²) in [5.41, 5.74) is 0.885. The predicted molar refractivity (Wildman–Crippen MR) is 71.5 cm³/mol. The third-order valence-electron chi connectivity index (χ3n) is 2.65. The first-order valence-corrected chi connectivity index (χ1v) is 6.33. The lowest BCUT2D eigenvalue weighted by atomic mass is 10.2. The molecular weight excluding hydrogens is 248 g/mol. The number of hydrogen-bond donors (Lipinski definition) is 1. The number of nitrogens with two attached hydrogens (primary N) is 1. The van der Waals surface area contributed by atoms with Crippen LogP contribution in [0.4, 0.5) is 5.69 Å². The fraction of sp³-hybridized carbons (Fsp3) is 0.538. The van der Waals surface area contributed by atoms with Crippen LogP contribution in [0.5, 0.6) is 5.75 Å². The Morgan fingerprint density at radius 1 is 1.32 bits per heavy atom. The highest BCUT2D eigenvalue weighted by Gasteiger charge is 2.14. The smallest absolute Gasteiger partial charge is 0.311 e. The van der Waals surface area contributed by atoms with Gasteiger partial charge in [-0.3, -0.25) is 10.1 Å². The van der Waals surface area contributed by atoms with Gasteiger partial charge in [-0.2, -0.15) is 0 Å². The molecule has 1 aromatic carbocycles. The number of nitrogens with zero attached hydrogens (tertiary/aromatic N) is 1. The van der Waals surface area contributed by atoms with E-state index in [1.807, 2.05) is 13.0 Å².